The molecular formula is C10H15BrN4. The zero-order valence-electron chi connectivity index (χ0n) is 8.87. The van der Waals surface area contributed by atoms with Gasteiger partial charge < -0.3 is 11.1 Å². The van der Waals surface area contributed by atoms with Crippen molar-refractivity contribution in [1.29, 1.82) is 0 Å². The van der Waals surface area contributed by atoms with E-state index in [4.69, 9.17) is 5.73 Å². The predicted molar refractivity (Wildman–Crippen MR) is 63.5 cm³/mol. The van der Waals surface area contributed by atoms with Crippen LogP contribution in [0.4, 0.5) is 5.95 Å². The average molecular weight is 271 g/mol. The molecule has 2 rings (SSSR count). The highest BCUT2D eigenvalue weighted by Crippen LogP contribution is 2.40. The topological polar surface area (TPSA) is 63.8 Å². The zero-order chi connectivity index (χ0) is 11.1. The minimum atomic E-state index is 0.121. The van der Waals surface area contributed by atoms with Gasteiger partial charge in [-0.3, -0.25) is 0 Å². The van der Waals surface area contributed by atoms with Crippen LogP contribution in [0.1, 0.15) is 20.3 Å². The number of nitrogens with zero attached hydrogens (tertiary/aromatic N) is 2. The molecule has 1 fully saturated rings. The maximum absolute atomic E-state index is 5.94. The molecule has 0 amide bonds. The molecule has 0 aromatic carbocycles. The lowest BCUT2D eigenvalue weighted by Gasteiger charge is -2.50. The van der Waals surface area contributed by atoms with Gasteiger partial charge in [-0.25, -0.2) is 9.97 Å². The molecule has 3 N–H and O–H groups in total. The van der Waals surface area contributed by atoms with Crippen LogP contribution in [0.3, 0.4) is 0 Å². The van der Waals surface area contributed by atoms with Crippen molar-refractivity contribution in [2.45, 2.75) is 32.4 Å². The van der Waals surface area contributed by atoms with Crippen LogP contribution >= 0.6 is 15.9 Å². The normalized spacial score (nSPS) is 28.3. The molecule has 0 spiro atoms. The van der Waals surface area contributed by atoms with E-state index < -0.39 is 0 Å². The third kappa shape index (κ3) is 1.99. The summed E-state index contributed by atoms with van der Waals surface area (Å²) in [6.45, 7) is 4.33. The number of rotatable bonds is 2. The molecule has 0 saturated heterocycles. The molecule has 15 heavy (non-hydrogen) atoms. The maximum Gasteiger partial charge on any atom is 0.222 e. The van der Waals surface area contributed by atoms with Gasteiger partial charge in [-0.15, -0.1) is 0 Å². The minimum absolute atomic E-state index is 0.121. The van der Waals surface area contributed by atoms with Gasteiger partial charge in [0, 0.05) is 29.9 Å². The third-order valence-electron chi connectivity index (χ3n) is 3.27. The van der Waals surface area contributed by atoms with Crippen LogP contribution in [0.15, 0.2) is 16.9 Å². The van der Waals surface area contributed by atoms with E-state index in [0.717, 1.165) is 10.9 Å². The van der Waals surface area contributed by atoms with Gasteiger partial charge in [-0.05, 0) is 22.4 Å². The summed E-state index contributed by atoms with van der Waals surface area (Å²) in [5.74, 6) is 0.670. The van der Waals surface area contributed by atoms with Crippen LogP contribution in [-0.2, 0) is 0 Å². The minimum Gasteiger partial charge on any atom is -0.351 e. The van der Waals surface area contributed by atoms with Gasteiger partial charge in [-0.1, -0.05) is 13.8 Å². The van der Waals surface area contributed by atoms with Crippen LogP contribution < -0.4 is 11.1 Å². The lowest BCUT2D eigenvalue weighted by atomic mass is 9.63. The molecule has 1 aliphatic rings. The molecule has 2 atom stereocenters. The van der Waals surface area contributed by atoms with Crippen molar-refractivity contribution in [3.05, 3.63) is 16.9 Å². The molecule has 5 heteroatoms. The van der Waals surface area contributed by atoms with E-state index in [2.05, 4.69) is 45.1 Å². The lowest BCUT2D eigenvalue weighted by molar-refractivity contribution is 0.116. The number of nitrogens with one attached hydrogen (secondary N) is 1. The van der Waals surface area contributed by atoms with Crippen molar-refractivity contribution in [1.82, 2.24) is 9.97 Å². The Morgan fingerprint density at radius 1 is 1.47 bits per heavy atom. The Balaban J connectivity index is 2.02. The summed E-state index contributed by atoms with van der Waals surface area (Å²) in [7, 11) is 0. The van der Waals surface area contributed by atoms with E-state index in [1.54, 1.807) is 12.4 Å². The molecule has 0 aliphatic heterocycles. The van der Waals surface area contributed by atoms with Crippen LogP contribution in [0.5, 0.6) is 0 Å². The van der Waals surface area contributed by atoms with Gasteiger partial charge in [0.1, 0.15) is 0 Å². The molecular weight excluding hydrogens is 256 g/mol. The fraction of sp³-hybridized carbons (Fsp3) is 0.600. The average Bonchev–Trinajstić information content (AvgIpc) is 2.21. The first kappa shape index (κ1) is 10.8. The Hall–Kier alpha value is -0.680. The monoisotopic (exact) mass is 270 g/mol. The summed E-state index contributed by atoms with van der Waals surface area (Å²) >= 11 is 3.30. The molecule has 1 aromatic rings. The largest absolute Gasteiger partial charge is 0.351 e. The second-order valence-electron chi connectivity index (χ2n) is 4.59. The third-order valence-corrected chi connectivity index (χ3v) is 3.68. The van der Waals surface area contributed by atoms with Gasteiger partial charge in [0.15, 0.2) is 0 Å². The quantitative estimate of drug-likeness (QED) is 0.860. The van der Waals surface area contributed by atoms with Crippen molar-refractivity contribution in [3.8, 4) is 0 Å². The fourth-order valence-electron chi connectivity index (χ4n) is 1.75. The summed E-state index contributed by atoms with van der Waals surface area (Å²) in [4.78, 5) is 8.36. The summed E-state index contributed by atoms with van der Waals surface area (Å²) in [6, 6.07) is 0.638. The SMILES string of the molecule is CC1(C)C(N)CC1Nc1ncc(Br)cn1. The molecule has 0 radical (unpaired) electrons. The summed E-state index contributed by atoms with van der Waals surface area (Å²) in [6.07, 6.45) is 4.45. The number of hydrogen-bond donors (Lipinski definition) is 2. The van der Waals surface area contributed by atoms with Crippen LogP contribution in [-0.4, -0.2) is 22.1 Å². The molecule has 1 saturated carbocycles. The van der Waals surface area contributed by atoms with Crippen LogP contribution in [0, 0.1) is 5.41 Å². The van der Waals surface area contributed by atoms with E-state index in [-0.39, 0.29) is 11.5 Å². The molecule has 82 valence electrons. The summed E-state index contributed by atoms with van der Waals surface area (Å²) < 4.78 is 0.887. The fourth-order valence-corrected chi connectivity index (χ4v) is 1.95. The molecule has 4 nitrogen and oxygen atoms in total. The Kier molecular flexibility index (Phi) is 2.68. The van der Waals surface area contributed by atoms with Gasteiger partial charge in [0.2, 0.25) is 5.95 Å². The van der Waals surface area contributed by atoms with Gasteiger partial charge in [-0.2, -0.15) is 0 Å². The summed E-state index contributed by atoms with van der Waals surface area (Å²) in [5, 5.41) is 3.30. The van der Waals surface area contributed by atoms with E-state index in [0.29, 0.717) is 12.0 Å². The van der Waals surface area contributed by atoms with E-state index in [1.165, 1.54) is 0 Å². The molecule has 1 aliphatic carbocycles. The number of aromatic nitrogens is 2. The Morgan fingerprint density at radius 2 is 2.07 bits per heavy atom. The predicted octanol–water partition coefficient (Wildman–Crippen LogP) is 1.78. The van der Waals surface area contributed by atoms with Crippen molar-refractivity contribution >= 4 is 21.9 Å². The van der Waals surface area contributed by atoms with Crippen molar-refractivity contribution in [3.63, 3.8) is 0 Å². The molecule has 1 heterocycles. The number of halogens is 1. The van der Waals surface area contributed by atoms with E-state index in [1.807, 2.05) is 0 Å². The van der Waals surface area contributed by atoms with Crippen molar-refractivity contribution in [2.75, 3.05) is 5.32 Å². The Bertz CT molecular complexity index is 349. The second kappa shape index (κ2) is 3.72. The van der Waals surface area contributed by atoms with Gasteiger partial charge >= 0.3 is 0 Å². The first-order valence-electron chi connectivity index (χ1n) is 5.00. The Labute approximate surface area is 97.8 Å². The highest BCUT2D eigenvalue weighted by molar-refractivity contribution is 9.10. The van der Waals surface area contributed by atoms with Crippen LogP contribution in [0.2, 0.25) is 0 Å². The Morgan fingerprint density at radius 3 is 2.53 bits per heavy atom. The number of hydrogen-bond acceptors (Lipinski definition) is 4. The zero-order valence-corrected chi connectivity index (χ0v) is 10.5. The standard InChI is InChI=1S/C10H15BrN4/c1-10(2)7(12)3-8(10)15-9-13-4-6(11)5-14-9/h4-5,7-8H,3,12H2,1-2H3,(H,13,14,15). The highest BCUT2D eigenvalue weighted by atomic mass is 79.9. The number of nitrogens with two attached hydrogens (primary N) is 1. The molecule has 1 aromatic heterocycles. The first-order chi connectivity index (χ1) is 7.00. The van der Waals surface area contributed by atoms with Crippen molar-refractivity contribution < 1.29 is 0 Å². The first-order valence-corrected chi connectivity index (χ1v) is 5.79. The second-order valence-corrected chi connectivity index (χ2v) is 5.50. The highest BCUT2D eigenvalue weighted by Gasteiger charge is 2.46. The van der Waals surface area contributed by atoms with Gasteiger partial charge in [0.05, 0.1) is 4.47 Å². The van der Waals surface area contributed by atoms with E-state index in [9.17, 15) is 0 Å². The maximum atomic E-state index is 5.94. The van der Waals surface area contributed by atoms with Gasteiger partial charge in [0.25, 0.3) is 0 Å². The lowest BCUT2D eigenvalue weighted by Crippen LogP contribution is -2.61. The molecule has 2 unspecified atom stereocenters. The van der Waals surface area contributed by atoms with E-state index >= 15 is 0 Å². The molecule has 0 bridgehead atoms. The smallest absolute Gasteiger partial charge is 0.222 e. The summed E-state index contributed by atoms with van der Waals surface area (Å²) in [5.41, 5.74) is 6.06. The van der Waals surface area contributed by atoms with Crippen molar-refractivity contribution in [2.24, 2.45) is 11.1 Å². The number of anilines is 1. The van der Waals surface area contributed by atoms with Crippen LogP contribution in [0.25, 0.3) is 0 Å².